The molecule has 1 fully saturated rings. The molecule has 126 valence electrons. The van der Waals surface area contributed by atoms with Crippen molar-refractivity contribution in [1.82, 2.24) is 19.9 Å². The molecule has 2 heterocycles. The summed E-state index contributed by atoms with van der Waals surface area (Å²) in [6.07, 6.45) is -1.02. The maximum absolute atomic E-state index is 12.6. The number of amides is 1. The number of halogens is 1. The summed E-state index contributed by atoms with van der Waals surface area (Å²) in [7, 11) is 0. The van der Waals surface area contributed by atoms with E-state index in [9.17, 15) is 9.59 Å². The molecule has 24 heavy (non-hydrogen) atoms. The summed E-state index contributed by atoms with van der Waals surface area (Å²) in [5.41, 5.74) is 1.27. The number of aliphatic carboxylic acids is 1. The van der Waals surface area contributed by atoms with Crippen LogP contribution >= 0.6 is 11.6 Å². The van der Waals surface area contributed by atoms with E-state index in [-0.39, 0.29) is 24.8 Å². The predicted molar refractivity (Wildman–Crippen MR) is 84.4 cm³/mol. The second-order valence-electron chi connectivity index (χ2n) is 5.35. The van der Waals surface area contributed by atoms with Crippen LogP contribution in [0.3, 0.4) is 0 Å². The summed E-state index contributed by atoms with van der Waals surface area (Å²) in [6, 6.07) is 6.95. The second kappa shape index (κ2) is 6.58. The minimum absolute atomic E-state index is 0.0162. The lowest BCUT2D eigenvalue weighted by atomic mass is 10.2. The molecule has 3 rings (SSSR count). The Labute approximate surface area is 142 Å². The Kier molecular flexibility index (Phi) is 4.50. The molecule has 0 bridgehead atoms. The average molecular weight is 351 g/mol. The average Bonchev–Trinajstić information content (AvgIpc) is 2.96. The summed E-state index contributed by atoms with van der Waals surface area (Å²) in [4.78, 5) is 26.4. The van der Waals surface area contributed by atoms with Gasteiger partial charge >= 0.3 is 5.97 Å². The number of rotatable bonds is 3. The SMILES string of the molecule is Cc1nn(-c2cccc(Cl)c2)nc1C(=O)N1CCO[C@@H](C(=O)O)C1. The minimum atomic E-state index is -1.09. The second-order valence-corrected chi connectivity index (χ2v) is 5.79. The van der Waals surface area contributed by atoms with Crippen molar-refractivity contribution in [2.24, 2.45) is 0 Å². The maximum Gasteiger partial charge on any atom is 0.334 e. The van der Waals surface area contributed by atoms with Crippen LogP contribution in [0.25, 0.3) is 5.69 Å². The van der Waals surface area contributed by atoms with Crippen molar-refractivity contribution in [3.63, 3.8) is 0 Å². The monoisotopic (exact) mass is 350 g/mol. The Hall–Kier alpha value is -2.45. The summed E-state index contributed by atoms with van der Waals surface area (Å²) in [5, 5.41) is 18.0. The van der Waals surface area contributed by atoms with Gasteiger partial charge in [-0.1, -0.05) is 17.7 Å². The number of carbonyl (C=O) groups is 2. The van der Waals surface area contributed by atoms with E-state index in [1.54, 1.807) is 31.2 Å². The first kappa shape index (κ1) is 16.4. The van der Waals surface area contributed by atoms with Crippen LogP contribution in [0, 0.1) is 6.92 Å². The molecule has 1 aromatic heterocycles. The van der Waals surface area contributed by atoms with Crippen LogP contribution in [-0.2, 0) is 9.53 Å². The molecule has 1 N–H and O–H groups in total. The molecule has 1 aliphatic rings. The van der Waals surface area contributed by atoms with Crippen LogP contribution in [0.4, 0.5) is 0 Å². The summed E-state index contributed by atoms with van der Waals surface area (Å²) in [5.74, 6) is -1.46. The van der Waals surface area contributed by atoms with Crippen molar-refractivity contribution in [3.05, 3.63) is 40.7 Å². The van der Waals surface area contributed by atoms with Gasteiger partial charge in [-0.25, -0.2) is 4.79 Å². The molecule has 0 saturated carbocycles. The van der Waals surface area contributed by atoms with Crippen molar-refractivity contribution in [2.75, 3.05) is 19.7 Å². The minimum Gasteiger partial charge on any atom is -0.479 e. The van der Waals surface area contributed by atoms with Gasteiger partial charge in [0.1, 0.15) is 0 Å². The first-order chi connectivity index (χ1) is 11.5. The largest absolute Gasteiger partial charge is 0.479 e. The highest BCUT2D eigenvalue weighted by atomic mass is 35.5. The molecule has 1 saturated heterocycles. The van der Waals surface area contributed by atoms with E-state index in [4.69, 9.17) is 21.4 Å². The van der Waals surface area contributed by atoms with Crippen LogP contribution in [0.15, 0.2) is 24.3 Å². The van der Waals surface area contributed by atoms with E-state index in [1.807, 2.05) is 0 Å². The number of morpholine rings is 1. The third kappa shape index (κ3) is 3.24. The number of hydrogen-bond donors (Lipinski definition) is 1. The Balaban J connectivity index is 1.84. The number of hydrogen-bond acceptors (Lipinski definition) is 5. The van der Waals surface area contributed by atoms with E-state index in [0.29, 0.717) is 22.9 Å². The summed E-state index contributed by atoms with van der Waals surface area (Å²) < 4.78 is 5.12. The van der Waals surface area contributed by atoms with Gasteiger partial charge in [0.2, 0.25) is 0 Å². The molecule has 0 spiro atoms. The molecular formula is C15H15ClN4O4. The molecule has 0 radical (unpaired) electrons. The third-order valence-electron chi connectivity index (χ3n) is 3.65. The van der Waals surface area contributed by atoms with E-state index in [0.717, 1.165) is 0 Å². The van der Waals surface area contributed by atoms with Gasteiger partial charge in [-0.2, -0.15) is 9.90 Å². The number of benzene rings is 1. The Morgan fingerprint density at radius 1 is 1.38 bits per heavy atom. The quantitative estimate of drug-likeness (QED) is 0.892. The van der Waals surface area contributed by atoms with Gasteiger partial charge in [0.25, 0.3) is 5.91 Å². The highest BCUT2D eigenvalue weighted by molar-refractivity contribution is 6.30. The topological polar surface area (TPSA) is 97.5 Å². The van der Waals surface area contributed by atoms with Crippen molar-refractivity contribution in [1.29, 1.82) is 0 Å². The summed E-state index contributed by atoms with van der Waals surface area (Å²) >= 11 is 5.96. The number of aryl methyl sites for hydroxylation is 1. The molecule has 1 amide bonds. The first-order valence-corrected chi connectivity index (χ1v) is 7.67. The van der Waals surface area contributed by atoms with E-state index >= 15 is 0 Å². The smallest absolute Gasteiger partial charge is 0.334 e. The molecule has 1 atom stereocenters. The van der Waals surface area contributed by atoms with Gasteiger partial charge in [-0.3, -0.25) is 4.79 Å². The standard InChI is InChI=1S/C15H15ClN4O4/c1-9-13(14(21)19-5-6-24-12(8-19)15(22)23)18-20(17-9)11-4-2-3-10(16)7-11/h2-4,7,12H,5-6,8H2,1H3,(H,22,23)/t12-/m1/s1. The van der Waals surface area contributed by atoms with E-state index < -0.39 is 12.1 Å². The predicted octanol–water partition coefficient (Wildman–Crippen LogP) is 1.15. The molecule has 0 unspecified atom stereocenters. The van der Waals surface area contributed by atoms with E-state index in [2.05, 4.69) is 10.2 Å². The highest BCUT2D eigenvalue weighted by Crippen LogP contribution is 2.16. The van der Waals surface area contributed by atoms with Crippen molar-refractivity contribution in [3.8, 4) is 5.69 Å². The molecular weight excluding hydrogens is 336 g/mol. The van der Waals surface area contributed by atoms with Gasteiger partial charge in [-0.05, 0) is 25.1 Å². The third-order valence-corrected chi connectivity index (χ3v) is 3.89. The van der Waals surface area contributed by atoms with Crippen molar-refractivity contribution >= 4 is 23.5 Å². The number of carboxylic acids is 1. The van der Waals surface area contributed by atoms with Crippen LogP contribution in [0.1, 0.15) is 16.2 Å². The van der Waals surface area contributed by atoms with Gasteiger partial charge in [0, 0.05) is 11.6 Å². The lowest BCUT2D eigenvalue weighted by Gasteiger charge is -2.30. The summed E-state index contributed by atoms with van der Waals surface area (Å²) in [6.45, 7) is 2.14. The lowest BCUT2D eigenvalue weighted by molar-refractivity contribution is -0.154. The Bertz CT molecular complexity index is 792. The number of ether oxygens (including phenoxy) is 1. The fraction of sp³-hybridized carbons (Fsp3) is 0.333. The molecule has 1 aromatic carbocycles. The number of aromatic nitrogens is 3. The zero-order chi connectivity index (χ0) is 17.3. The maximum atomic E-state index is 12.6. The van der Waals surface area contributed by atoms with Gasteiger partial charge < -0.3 is 14.7 Å². The van der Waals surface area contributed by atoms with E-state index in [1.165, 1.54) is 9.70 Å². The Morgan fingerprint density at radius 3 is 2.88 bits per heavy atom. The highest BCUT2D eigenvalue weighted by Gasteiger charge is 2.31. The molecule has 0 aliphatic carbocycles. The van der Waals surface area contributed by atoms with Crippen LogP contribution in [0.2, 0.25) is 5.02 Å². The van der Waals surface area contributed by atoms with Gasteiger partial charge in [0.05, 0.1) is 24.5 Å². The Morgan fingerprint density at radius 2 is 2.17 bits per heavy atom. The lowest BCUT2D eigenvalue weighted by Crippen LogP contribution is -2.48. The van der Waals surface area contributed by atoms with Crippen LogP contribution in [0.5, 0.6) is 0 Å². The van der Waals surface area contributed by atoms with Crippen molar-refractivity contribution in [2.45, 2.75) is 13.0 Å². The molecule has 1 aliphatic heterocycles. The molecule has 2 aromatic rings. The van der Waals surface area contributed by atoms with Gasteiger partial charge in [-0.15, -0.1) is 5.10 Å². The number of nitrogens with zero attached hydrogens (tertiary/aromatic N) is 4. The van der Waals surface area contributed by atoms with Crippen LogP contribution < -0.4 is 0 Å². The zero-order valence-electron chi connectivity index (χ0n) is 12.8. The van der Waals surface area contributed by atoms with Crippen molar-refractivity contribution < 1.29 is 19.4 Å². The molecule has 9 heteroatoms. The number of carbonyl (C=O) groups excluding carboxylic acids is 1. The fourth-order valence-corrected chi connectivity index (χ4v) is 2.61. The normalized spacial score (nSPS) is 17.8. The van der Waals surface area contributed by atoms with Gasteiger partial charge in [0.15, 0.2) is 11.8 Å². The fourth-order valence-electron chi connectivity index (χ4n) is 2.43. The zero-order valence-corrected chi connectivity index (χ0v) is 13.6. The first-order valence-electron chi connectivity index (χ1n) is 7.29. The molecule has 8 nitrogen and oxygen atoms in total. The number of carboxylic acid groups (broad SMARTS) is 1. The van der Waals surface area contributed by atoms with Crippen LogP contribution in [-0.4, -0.2) is 62.7 Å².